The van der Waals surface area contributed by atoms with Crippen molar-refractivity contribution in [3.05, 3.63) is 53.6 Å². The zero-order valence-corrected chi connectivity index (χ0v) is 9.36. The minimum absolute atomic E-state index is 0.164. The Morgan fingerprint density at radius 2 is 2.19 bits per heavy atom. The Balaban J connectivity index is 2.32. The van der Waals surface area contributed by atoms with E-state index in [1.54, 1.807) is 10.6 Å². The molecule has 0 saturated carbocycles. The topological polar surface area (TPSA) is 8.81 Å². The summed E-state index contributed by atoms with van der Waals surface area (Å²) in [6, 6.07) is 7.84. The van der Waals surface area contributed by atoms with Crippen LogP contribution in [0.3, 0.4) is 0 Å². The van der Waals surface area contributed by atoms with E-state index in [0.29, 0.717) is 0 Å². The molecule has 1 aliphatic rings. The summed E-state index contributed by atoms with van der Waals surface area (Å²) < 4.78 is 27.4. The lowest BCUT2D eigenvalue weighted by molar-refractivity contribution is -0.602. The lowest BCUT2D eigenvalue weighted by Gasteiger charge is -2.01. The van der Waals surface area contributed by atoms with Crippen molar-refractivity contribution in [1.29, 1.82) is 0 Å². The number of nitrogens with zero attached hydrogens (tertiary/aromatic N) is 2. The van der Waals surface area contributed by atoms with Crippen LogP contribution in [0.5, 0.6) is 0 Å². The highest BCUT2D eigenvalue weighted by molar-refractivity contribution is 5.50. The molecule has 0 atom stereocenters. The Labute approximate surface area is 99.7 Å². The van der Waals surface area contributed by atoms with Crippen LogP contribution in [-0.2, 0) is 6.50 Å². The van der Waals surface area contributed by atoms with Crippen LogP contribution in [0.2, 0.25) is 0 Å². The molecule has 0 radical (unpaired) electrons. The second-order valence-electron chi connectivity index (χ2n) is 3.99. The Morgan fingerprint density at radius 1 is 1.38 bits per heavy atom. The summed E-state index contributed by atoms with van der Waals surface area (Å²) in [5.74, 6) is 0. The molecule has 2 heterocycles. The molecule has 0 amide bonds. The molecular weight excluding hydrogens is 196 g/mol. The van der Waals surface area contributed by atoms with Crippen LogP contribution in [0.4, 0.5) is 0 Å². The highest BCUT2D eigenvalue weighted by Crippen LogP contribution is 2.16. The van der Waals surface area contributed by atoms with Gasteiger partial charge in [0.1, 0.15) is 12.2 Å². The van der Waals surface area contributed by atoms with Crippen LogP contribution in [0.15, 0.2) is 36.6 Å². The van der Waals surface area contributed by atoms with Gasteiger partial charge in [-0.25, -0.2) is 4.57 Å². The van der Waals surface area contributed by atoms with Gasteiger partial charge < -0.3 is 0 Å². The zero-order chi connectivity index (χ0) is 13.8. The van der Waals surface area contributed by atoms with Crippen molar-refractivity contribution in [2.24, 2.45) is 0 Å². The first-order valence-corrected chi connectivity index (χ1v) is 5.33. The van der Waals surface area contributed by atoms with Gasteiger partial charge >= 0.3 is 0 Å². The van der Waals surface area contributed by atoms with Crippen molar-refractivity contribution in [2.75, 3.05) is 0 Å². The number of hydrogen-bond acceptors (Lipinski definition) is 0. The molecule has 1 aromatic carbocycles. The largest absolute Gasteiger partial charge is 0.249 e. The normalized spacial score (nSPS) is 19.0. The lowest BCUT2D eigenvalue weighted by atomic mass is 10.2. The quantitative estimate of drug-likeness (QED) is 0.645. The second kappa shape index (κ2) is 3.34. The minimum Gasteiger partial charge on any atom is -0.226 e. The number of rotatable bonds is 1. The number of allylic oxidation sites excluding steroid dienone is 1. The molecule has 0 unspecified atom stereocenters. The first-order valence-electron chi connectivity index (χ1n) is 6.83. The van der Waals surface area contributed by atoms with Crippen LogP contribution in [0.25, 0.3) is 11.8 Å². The van der Waals surface area contributed by atoms with E-state index in [2.05, 4.69) is 0 Å². The predicted octanol–water partition coefficient (Wildman–Crippen LogP) is 2.41. The van der Waals surface area contributed by atoms with Gasteiger partial charge in [0.25, 0.3) is 0 Å². The van der Waals surface area contributed by atoms with E-state index in [0.717, 1.165) is 22.6 Å². The van der Waals surface area contributed by atoms with E-state index in [1.165, 1.54) is 10.6 Å². The van der Waals surface area contributed by atoms with Crippen molar-refractivity contribution < 1.29 is 8.68 Å². The summed E-state index contributed by atoms with van der Waals surface area (Å²) in [5.41, 5.74) is 3.64. The van der Waals surface area contributed by atoms with E-state index in [4.69, 9.17) is 4.11 Å². The van der Waals surface area contributed by atoms with Gasteiger partial charge in [-0.3, -0.25) is 0 Å². The van der Waals surface area contributed by atoms with Gasteiger partial charge in [0.2, 0.25) is 6.30 Å². The lowest BCUT2D eigenvalue weighted by Crippen LogP contribution is -2.32. The molecule has 1 aliphatic heterocycles. The third kappa shape index (κ3) is 1.23. The minimum atomic E-state index is -1.62. The number of para-hydroxylation sites is 1. The van der Waals surface area contributed by atoms with Gasteiger partial charge in [0.15, 0.2) is 12.8 Å². The number of hydrogen-bond donors (Lipinski definition) is 0. The first kappa shape index (κ1) is 6.69. The highest BCUT2D eigenvalue weighted by Gasteiger charge is 2.21. The first-order chi connectivity index (χ1) is 8.93. The molecule has 2 nitrogen and oxygen atoms in total. The molecular formula is C14H15N2+. The van der Waals surface area contributed by atoms with Crippen molar-refractivity contribution in [3.63, 3.8) is 0 Å². The fraction of sp³-hybridized carbons (Fsp3) is 0.214. The Kier molecular flexibility index (Phi) is 1.40. The summed E-state index contributed by atoms with van der Waals surface area (Å²) in [4.78, 5) is 0. The SMILES string of the molecule is [2H]c1n2c(c(C)[n+]1-c1ccccc1C)C=CC2([2H])[2H]. The van der Waals surface area contributed by atoms with E-state index >= 15 is 0 Å². The molecule has 0 spiro atoms. The maximum Gasteiger partial charge on any atom is 0.249 e. The van der Waals surface area contributed by atoms with Crippen LogP contribution < -0.4 is 4.57 Å². The number of benzene rings is 1. The fourth-order valence-corrected chi connectivity index (χ4v) is 2.04. The molecule has 1 aromatic heterocycles. The van der Waals surface area contributed by atoms with Crippen LogP contribution in [0.1, 0.15) is 21.1 Å². The third-order valence-electron chi connectivity index (χ3n) is 2.95. The third-order valence-corrected chi connectivity index (χ3v) is 2.95. The second-order valence-corrected chi connectivity index (χ2v) is 3.99. The highest BCUT2D eigenvalue weighted by atomic mass is 15.2. The summed E-state index contributed by atoms with van der Waals surface area (Å²) in [6.07, 6.45) is 3.41. The van der Waals surface area contributed by atoms with Crippen LogP contribution in [0, 0.1) is 13.8 Å². The Hall–Kier alpha value is -1.83. The summed E-state index contributed by atoms with van der Waals surface area (Å²) >= 11 is 0. The maximum absolute atomic E-state index is 8.28. The van der Waals surface area contributed by atoms with E-state index in [1.807, 2.05) is 38.1 Å². The average Bonchev–Trinajstić information content (AvgIpc) is 2.79. The summed E-state index contributed by atoms with van der Waals surface area (Å²) in [5, 5.41) is 0. The molecule has 0 fully saturated rings. The molecule has 80 valence electrons. The molecule has 0 bridgehead atoms. The molecule has 0 aliphatic carbocycles. The molecule has 0 saturated heterocycles. The van der Waals surface area contributed by atoms with Gasteiger partial charge in [0, 0.05) is 6.92 Å². The molecule has 0 N–H and O–H groups in total. The van der Waals surface area contributed by atoms with E-state index < -0.39 is 6.50 Å². The maximum atomic E-state index is 8.28. The monoisotopic (exact) mass is 214 g/mol. The fourth-order valence-electron chi connectivity index (χ4n) is 2.04. The van der Waals surface area contributed by atoms with Gasteiger partial charge in [0.05, 0.1) is 2.74 Å². The van der Waals surface area contributed by atoms with Gasteiger partial charge in [-0.05, 0) is 30.7 Å². The molecule has 2 heteroatoms. The number of aromatic nitrogens is 2. The molecule has 2 aromatic rings. The van der Waals surface area contributed by atoms with Crippen LogP contribution >= 0.6 is 0 Å². The van der Waals surface area contributed by atoms with Crippen molar-refractivity contribution in [3.8, 4) is 5.69 Å². The van der Waals surface area contributed by atoms with Gasteiger partial charge in [-0.15, -0.1) is 0 Å². The molecule has 3 rings (SSSR count). The van der Waals surface area contributed by atoms with Crippen molar-refractivity contribution in [2.45, 2.75) is 20.3 Å². The van der Waals surface area contributed by atoms with E-state index in [-0.39, 0.29) is 6.30 Å². The zero-order valence-electron chi connectivity index (χ0n) is 12.4. The number of aryl methyl sites for hydroxylation is 1. The standard InChI is InChI=1S/C14H15N2/c1-11-6-3-4-7-13(11)16-10-15-9-5-8-14(15)12(16)2/h3-8,10H,9H2,1-2H3/q+1/i9D2,10D. The van der Waals surface area contributed by atoms with Gasteiger partial charge in [-0.1, -0.05) is 18.2 Å². The van der Waals surface area contributed by atoms with Crippen molar-refractivity contribution in [1.82, 2.24) is 4.57 Å². The average molecular weight is 214 g/mol. The number of fused-ring (bicyclic) bond motifs is 1. The van der Waals surface area contributed by atoms with Gasteiger partial charge in [-0.2, -0.15) is 4.57 Å². The van der Waals surface area contributed by atoms with E-state index in [9.17, 15) is 0 Å². The predicted molar refractivity (Wildman–Crippen MR) is 64.5 cm³/mol. The Morgan fingerprint density at radius 3 is 2.94 bits per heavy atom. The molecule has 16 heavy (non-hydrogen) atoms. The smallest absolute Gasteiger partial charge is 0.226 e. The number of imidazole rings is 1. The van der Waals surface area contributed by atoms with Crippen molar-refractivity contribution >= 4 is 6.08 Å². The summed E-state index contributed by atoms with van der Waals surface area (Å²) in [6.45, 7) is 2.29. The van der Waals surface area contributed by atoms with Crippen LogP contribution in [-0.4, -0.2) is 4.57 Å². The Bertz CT molecular complexity index is 699. The summed E-state index contributed by atoms with van der Waals surface area (Å²) in [7, 11) is 0.